The van der Waals surface area contributed by atoms with Crippen LogP contribution >= 0.6 is 0 Å². The number of likely N-dealkylation sites (N-methyl/N-ethyl adjacent to an activating group) is 1. The average molecular weight is 346 g/mol. The highest BCUT2D eigenvalue weighted by molar-refractivity contribution is 5.98. The first-order valence-corrected chi connectivity index (χ1v) is 8.45. The zero-order chi connectivity index (χ0) is 18.1. The smallest absolute Gasteiger partial charge is 0.270 e. The first-order chi connectivity index (χ1) is 11.9. The minimum atomic E-state index is -0.371. The number of hydrogen-bond donors (Lipinski definition) is 2. The molecular formula is C18H23FN4O2. The summed E-state index contributed by atoms with van der Waals surface area (Å²) in [5, 5.41) is 3.34. The largest absolute Gasteiger partial charge is 0.358 e. The second kappa shape index (κ2) is 6.84. The first kappa shape index (κ1) is 17.4. The summed E-state index contributed by atoms with van der Waals surface area (Å²) in [6, 6.07) is 5.87. The molecule has 1 saturated heterocycles. The molecule has 7 heteroatoms. The molecule has 0 radical (unpaired) electrons. The van der Waals surface area contributed by atoms with Gasteiger partial charge in [-0.1, -0.05) is 0 Å². The van der Waals surface area contributed by atoms with Gasteiger partial charge < -0.3 is 15.2 Å². The van der Waals surface area contributed by atoms with E-state index in [1.807, 2.05) is 13.8 Å². The zero-order valence-electron chi connectivity index (χ0n) is 14.7. The van der Waals surface area contributed by atoms with Crippen LogP contribution in [0.5, 0.6) is 0 Å². The standard InChI is InChI=1S/C18H23FN4O2/c1-11(2)23-7-6-22(10-16(23)17(24)20-3)18(25)15-9-12-8-13(19)4-5-14(12)21-15/h4-5,8-9,11,16,21H,6-7,10H2,1-3H3,(H,20,24)/t16-/m0/s1. The van der Waals surface area contributed by atoms with Crippen molar-refractivity contribution >= 4 is 22.7 Å². The second-order valence-corrected chi connectivity index (χ2v) is 6.63. The molecule has 1 aromatic carbocycles. The van der Waals surface area contributed by atoms with Gasteiger partial charge in [0, 0.05) is 43.6 Å². The SMILES string of the molecule is CNC(=O)[C@@H]1CN(C(=O)c2cc3cc(F)ccc3[nH]2)CCN1C(C)C. The van der Waals surface area contributed by atoms with Gasteiger partial charge in [-0.15, -0.1) is 0 Å². The van der Waals surface area contributed by atoms with E-state index in [0.717, 1.165) is 0 Å². The van der Waals surface area contributed by atoms with E-state index in [-0.39, 0.29) is 29.7 Å². The number of amides is 2. The van der Waals surface area contributed by atoms with Gasteiger partial charge >= 0.3 is 0 Å². The van der Waals surface area contributed by atoms with Crippen LogP contribution in [0.15, 0.2) is 24.3 Å². The Kier molecular flexibility index (Phi) is 4.76. The fourth-order valence-electron chi connectivity index (χ4n) is 3.39. The Morgan fingerprint density at radius 3 is 2.72 bits per heavy atom. The molecular weight excluding hydrogens is 323 g/mol. The molecule has 25 heavy (non-hydrogen) atoms. The van der Waals surface area contributed by atoms with E-state index in [2.05, 4.69) is 15.2 Å². The van der Waals surface area contributed by atoms with Crippen LogP contribution in [0.2, 0.25) is 0 Å². The fourth-order valence-corrected chi connectivity index (χ4v) is 3.39. The number of halogens is 1. The quantitative estimate of drug-likeness (QED) is 0.887. The number of fused-ring (bicyclic) bond motifs is 1. The molecule has 134 valence electrons. The highest BCUT2D eigenvalue weighted by Crippen LogP contribution is 2.20. The van der Waals surface area contributed by atoms with Gasteiger partial charge in [-0.2, -0.15) is 0 Å². The van der Waals surface area contributed by atoms with Gasteiger partial charge in [-0.05, 0) is 38.1 Å². The van der Waals surface area contributed by atoms with E-state index in [1.54, 1.807) is 24.1 Å². The van der Waals surface area contributed by atoms with Crippen LogP contribution < -0.4 is 5.32 Å². The highest BCUT2D eigenvalue weighted by atomic mass is 19.1. The van der Waals surface area contributed by atoms with Crippen molar-refractivity contribution in [2.24, 2.45) is 0 Å². The summed E-state index contributed by atoms with van der Waals surface area (Å²) in [6.45, 7) is 5.60. The maximum absolute atomic E-state index is 13.3. The third-order valence-corrected chi connectivity index (χ3v) is 4.73. The minimum Gasteiger partial charge on any atom is -0.358 e. The molecule has 6 nitrogen and oxygen atoms in total. The predicted octanol–water partition coefficient (Wildman–Crippen LogP) is 1.59. The molecule has 2 N–H and O–H groups in total. The van der Waals surface area contributed by atoms with Crippen molar-refractivity contribution in [3.8, 4) is 0 Å². The molecule has 2 amide bonds. The molecule has 1 atom stereocenters. The number of rotatable bonds is 3. The van der Waals surface area contributed by atoms with Gasteiger partial charge in [0.15, 0.2) is 0 Å². The molecule has 1 aliphatic rings. The summed E-state index contributed by atoms with van der Waals surface area (Å²) < 4.78 is 13.3. The van der Waals surface area contributed by atoms with Crippen molar-refractivity contribution in [2.45, 2.75) is 25.9 Å². The Labute approximate surface area is 146 Å². The summed E-state index contributed by atoms with van der Waals surface area (Å²) in [6.07, 6.45) is 0. The number of hydrogen-bond acceptors (Lipinski definition) is 3. The van der Waals surface area contributed by atoms with E-state index in [9.17, 15) is 14.0 Å². The van der Waals surface area contributed by atoms with Crippen molar-refractivity contribution in [1.29, 1.82) is 0 Å². The summed E-state index contributed by atoms with van der Waals surface area (Å²) in [5.41, 5.74) is 1.13. The number of aromatic amines is 1. The predicted molar refractivity (Wildman–Crippen MR) is 93.9 cm³/mol. The van der Waals surface area contributed by atoms with Crippen LogP contribution in [0, 0.1) is 5.82 Å². The third-order valence-electron chi connectivity index (χ3n) is 4.73. The maximum Gasteiger partial charge on any atom is 0.270 e. The molecule has 1 aromatic heterocycles. The Hall–Kier alpha value is -2.41. The minimum absolute atomic E-state index is 0.0927. The van der Waals surface area contributed by atoms with Crippen LogP contribution in [0.25, 0.3) is 10.9 Å². The molecule has 1 aliphatic heterocycles. The molecule has 0 aliphatic carbocycles. The van der Waals surface area contributed by atoms with E-state index in [1.165, 1.54) is 12.1 Å². The number of benzene rings is 1. The summed E-state index contributed by atoms with van der Waals surface area (Å²) in [7, 11) is 1.61. The highest BCUT2D eigenvalue weighted by Gasteiger charge is 2.35. The Bertz CT molecular complexity index is 801. The van der Waals surface area contributed by atoms with E-state index in [4.69, 9.17) is 0 Å². The van der Waals surface area contributed by atoms with E-state index in [0.29, 0.717) is 36.2 Å². The Morgan fingerprint density at radius 1 is 1.28 bits per heavy atom. The molecule has 1 fully saturated rings. The summed E-state index contributed by atoms with van der Waals surface area (Å²) in [5.74, 6) is -0.602. The zero-order valence-corrected chi connectivity index (χ0v) is 14.7. The molecule has 3 rings (SSSR count). The number of nitrogens with one attached hydrogen (secondary N) is 2. The van der Waals surface area contributed by atoms with Crippen LogP contribution in [-0.2, 0) is 4.79 Å². The van der Waals surface area contributed by atoms with Crippen LogP contribution in [0.4, 0.5) is 4.39 Å². The van der Waals surface area contributed by atoms with Gasteiger partial charge in [0.1, 0.15) is 17.6 Å². The Morgan fingerprint density at radius 2 is 2.04 bits per heavy atom. The molecule has 0 saturated carbocycles. The number of carbonyl (C=O) groups excluding carboxylic acids is 2. The lowest BCUT2D eigenvalue weighted by molar-refractivity contribution is -0.128. The maximum atomic E-state index is 13.3. The van der Waals surface area contributed by atoms with Crippen molar-refractivity contribution in [1.82, 2.24) is 20.1 Å². The van der Waals surface area contributed by atoms with Crippen molar-refractivity contribution in [3.05, 3.63) is 35.8 Å². The molecule has 2 aromatic rings. The van der Waals surface area contributed by atoms with Crippen molar-refractivity contribution < 1.29 is 14.0 Å². The molecule has 0 unspecified atom stereocenters. The van der Waals surface area contributed by atoms with Gasteiger partial charge in [0.05, 0.1) is 0 Å². The fraction of sp³-hybridized carbons (Fsp3) is 0.444. The van der Waals surface area contributed by atoms with Crippen molar-refractivity contribution in [3.63, 3.8) is 0 Å². The van der Waals surface area contributed by atoms with E-state index >= 15 is 0 Å². The number of carbonyl (C=O) groups is 2. The monoisotopic (exact) mass is 346 g/mol. The number of piperazine rings is 1. The van der Waals surface area contributed by atoms with Crippen LogP contribution in [-0.4, -0.2) is 65.4 Å². The van der Waals surface area contributed by atoms with Gasteiger partial charge in [-0.3, -0.25) is 14.5 Å². The lowest BCUT2D eigenvalue weighted by Gasteiger charge is -2.42. The van der Waals surface area contributed by atoms with Gasteiger partial charge in [0.25, 0.3) is 5.91 Å². The lowest BCUT2D eigenvalue weighted by Crippen LogP contribution is -2.61. The topological polar surface area (TPSA) is 68.4 Å². The number of H-pyrrole nitrogens is 1. The normalized spacial score (nSPS) is 18.8. The van der Waals surface area contributed by atoms with Crippen LogP contribution in [0.3, 0.4) is 0 Å². The first-order valence-electron chi connectivity index (χ1n) is 8.45. The average Bonchev–Trinajstić information content (AvgIpc) is 3.02. The summed E-state index contributed by atoms with van der Waals surface area (Å²) >= 11 is 0. The summed E-state index contributed by atoms with van der Waals surface area (Å²) in [4.78, 5) is 31.9. The lowest BCUT2D eigenvalue weighted by atomic mass is 10.1. The number of aromatic nitrogens is 1. The van der Waals surface area contributed by atoms with E-state index < -0.39 is 0 Å². The van der Waals surface area contributed by atoms with Crippen molar-refractivity contribution in [2.75, 3.05) is 26.7 Å². The molecule has 0 bridgehead atoms. The van der Waals surface area contributed by atoms with Gasteiger partial charge in [-0.25, -0.2) is 4.39 Å². The van der Waals surface area contributed by atoms with Gasteiger partial charge in [0.2, 0.25) is 5.91 Å². The molecule has 2 heterocycles. The second-order valence-electron chi connectivity index (χ2n) is 6.63. The molecule has 0 spiro atoms. The third kappa shape index (κ3) is 3.37. The number of nitrogens with zero attached hydrogens (tertiary/aromatic N) is 2. The van der Waals surface area contributed by atoms with Crippen LogP contribution in [0.1, 0.15) is 24.3 Å². The Balaban J connectivity index is 1.82.